The van der Waals surface area contributed by atoms with E-state index in [0.29, 0.717) is 12.5 Å². The van der Waals surface area contributed by atoms with Crippen molar-refractivity contribution in [2.75, 3.05) is 24.6 Å². The van der Waals surface area contributed by atoms with E-state index >= 15 is 0 Å². The molecule has 1 aromatic rings. The number of anilines is 1. The van der Waals surface area contributed by atoms with Crippen LogP contribution in [0.5, 0.6) is 5.75 Å². The van der Waals surface area contributed by atoms with Crippen LogP contribution in [0.2, 0.25) is 0 Å². The third kappa shape index (κ3) is 7.02. The molecule has 4 nitrogen and oxygen atoms in total. The number of carbonyl (C=O) groups is 1. The first kappa shape index (κ1) is 17.3. The molecular formula is C17H27NO3. The molecule has 21 heavy (non-hydrogen) atoms. The fourth-order valence-corrected chi connectivity index (χ4v) is 2.08. The molecule has 1 rings (SSSR count). The Morgan fingerprint density at radius 3 is 2.48 bits per heavy atom. The van der Waals surface area contributed by atoms with Crippen molar-refractivity contribution in [1.29, 1.82) is 0 Å². The van der Waals surface area contributed by atoms with Gasteiger partial charge in [0.25, 0.3) is 0 Å². The molecule has 0 spiro atoms. The van der Waals surface area contributed by atoms with E-state index < -0.39 is 5.97 Å². The van der Waals surface area contributed by atoms with Crippen LogP contribution in [0.4, 0.5) is 5.69 Å². The van der Waals surface area contributed by atoms with E-state index in [-0.39, 0.29) is 6.42 Å². The van der Waals surface area contributed by atoms with Crippen molar-refractivity contribution in [1.82, 2.24) is 0 Å². The monoisotopic (exact) mass is 293 g/mol. The maximum absolute atomic E-state index is 10.8. The number of carboxylic acids is 1. The van der Waals surface area contributed by atoms with Gasteiger partial charge in [0.05, 0.1) is 13.0 Å². The summed E-state index contributed by atoms with van der Waals surface area (Å²) in [7, 11) is 0. The Morgan fingerprint density at radius 2 is 1.95 bits per heavy atom. The fraction of sp³-hybridized carbons (Fsp3) is 0.588. The zero-order chi connectivity index (χ0) is 15.7. The molecule has 1 N–H and O–H groups in total. The Labute approximate surface area is 127 Å². The Bertz CT molecular complexity index is 415. The molecule has 0 heterocycles. The van der Waals surface area contributed by atoms with Crippen LogP contribution in [0.15, 0.2) is 24.3 Å². The lowest BCUT2D eigenvalue weighted by atomic mass is 10.1. The normalized spacial score (nSPS) is 10.7. The van der Waals surface area contributed by atoms with Crippen LogP contribution in [-0.2, 0) is 4.79 Å². The van der Waals surface area contributed by atoms with Crippen LogP contribution in [0, 0.1) is 5.92 Å². The molecule has 0 aliphatic carbocycles. The van der Waals surface area contributed by atoms with E-state index in [2.05, 4.69) is 25.7 Å². The molecule has 4 heteroatoms. The highest BCUT2D eigenvalue weighted by Gasteiger charge is 2.10. The highest BCUT2D eigenvalue weighted by atomic mass is 16.5. The molecule has 118 valence electrons. The predicted octanol–water partition coefficient (Wildman–Crippen LogP) is 3.80. The second kappa shape index (κ2) is 9.27. The van der Waals surface area contributed by atoms with Gasteiger partial charge in [-0.25, -0.2) is 0 Å². The van der Waals surface area contributed by atoms with Crippen LogP contribution < -0.4 is 9.64 Å². The fourth-order valence-electron chi connectivity index (χ4n) is 2.08. The number of aliphatic carboxylic acids is 1. The van der Waals surface area contributed by atoms with E-state index in [1.54, 1.807) is 0 Å². The highest BCUT2D eigenvalue weighted by molar-refractivity contribution is 5.67. The summed E-state index contributed by atoms with van der Waals surface area (Å²) in [4.78, 5) is 12.9. The van der Waals surface area contributed by atoms with Gasteiger partial charge in [0.2, 0.25) is 0 Å². The molecule has 0 saturated carbocycles. The van der Waals surface area contributed by atoms with Gasteiger partial charge in [-0.3, -0.25) is 4.79 Å². The van der Waals surface area contributed by atoms with Crippen molar-refractivity contribution in [2.45, 2.75) is 40.0 Å². The third-order valence-corrected chi connectivity index (χ3v) is 3.15. The topological polar surface area (TPSA) is 49.8 Å². The van der Waals surface area contributed by atoms with Gasteiger partial charge in [0.1, 0.15) is 5.75 Å². The number of ether oxygens (including phenoxy) is 1. The lowest BCUT2D eigenvalue weighted by molar-refractivity contribution is -0.136. The molecule has 0 unspecified atom stereocenters. The zero-order valence-electron chi connectivity index (χ0n) is 13.3. The summed E-state index contributed by atoms with van der Waals surface area (Å²) in [6.07, 6.45) is 2.33. The van der Waals surface area contributed by atoms with E-state index in [1.165, 1.54) is 0 Å². The van der Waals surface area contributed by atoms with Gasteiger partial charge in [0.15, 0.2) is 0 Å². The molecule has 1 aromatic carbocycles. The van der Waals surface area contributed by atoms with Gasteiger partial charge in [0, 0.05) is 18.8 Å². The Balaban J connectivity index is 2.66. The van der Waals surface area contributed by atoms with Crippen molar-refractivity contribution < 1.29 is 14.6 Å². The molecule has 0 amide bonds. The number of nitrogens with zero attached hydrogens (tertiary/aromatic N) is 1. The maximum atomic E-state index is 10.8. The van der Waals surface area contributed by atoms with E-state index in [0.717, 1.165) is 37.4 Å². The van der Waals surface area contributed by atoms with Crippen molar-refractivity contribution in [3.63, 3.8) is 0 Å². The second-order valence-electron chi connectivity index (χ2n) is 5.68. The average molecular weight is 293 g/mol. The van der Waals surface area contributed by atoms with Crippen molar-refractivity contribution in [2.24, 2.45) is 5.92 Å². The van der Waals surface area contributed by atoms with Crippen LogP contribution in [0.1, 0.15) is 40.0 Å². The zero-order valence-corrected chi connectivity index (χ0v) is 13.3. The highest BCUT2D eigenvalue weighted by Crippen LogP contribution is 2.21. The minimum absolute atomic E-state index is 0.154. The maximum Gasteiger partial charge on any atom is 0.305 e. The molecular weight excluding hydrogens is 266 g/mol. The standard InChI is InChI=1S/C17H27NO3/c1-4-5-12-21-16-8-6-15(7-9-16)18(13-14(2)3)11-10-17(19)20/h6-9,14H,4-5,10-13H2,1-3H3,(H,19,20). The van der Waals surface area contributed by atoms with Gasteiger partial charge < -0.3 is 14.7 Å². The molecule has 0 aromatic heterocycles. The number of hydrogen-bond donors (Lipinski definition) is 1. The summed E-state index contributed by atoms with van der Waals surface area (Å²) in [6, 6.07) is 7.93. The summed E-state index contributed by atoms with van der Waals surface area (Å²) in [6.45, 7) is 8.53. The van der Waals surface area contributed by atoms with Gasteiger partial charge in [-0.15, -0.1) is 0 Å². The first-order chi connectivity index (χ1) is 10.0. The summed E-state index contributed by atoms with van der Waals surface area (Å²) >= 11 is 0. The second-order valence-corrected chi connectivity index (χ2v) is 5.68. The van der Waals surface area contributed by atoms with Gasteiger partial charge in [-0.1, -0.05) is 27.2 Å². The number of rotatable bonds is 10. The number of benzene rings is 1. The first-order valence-corrected chi connectivity index (χ1v) is 7.72. The van der Waals surface area contributed by atoms with Crippen molar-refractivity contribution >= 4 is 11.7 Å². The van der Waals surface area contributed by atoms with E-state index in [1.807, 2.05) is 24.3 Å². The molecule has 0 atom stereocenters. The first-order valence-electron chi connectivity index (χ1n) is 7.72. The minimum atomic E-state index is -0.761. The van der Waals surface area contributed by atoms with Gasteiger partial charge in [-0.05, 0) is 36.6 Å². The largest absolute Gasteiger partial charge is 0.494 e. The number of hydrogen-bond acceptors (Lipinski definition) is 3. The smallest absolute Gasteiger partial charge is 0.305 e. The van der Waals surface area contributed by atoms with Crippen LogP contribution in [0.25, 0.3) is 0 Å². The van der Waals surface area contributed by atoms with Crippen LogP contribution in [-0.4, -0.2) is 30.8 Å². The van der Waals surface area contributed by atoms with E-state index in [4.69, 9.17) is 9.84 Å². The van der Waals surface area contributed by atoms with Gasteiger partial charge >= 0.3 is 5.97 Å². The Kier molecular flexibility index (Phi) is 7.65. The third-order valence-electron chi connectivity index (χ3n) is 3.15. The Morgan fingerprint density at radius 1 is 1.29 bits per heavy atom. The average Bonchev–Trinajstić information content (AvgIpc) is 2.44. The number of unbranched alkanes of at least 4 members (excludes halogenated alkanes) is 1. The van der Waals surface area contributed by atoms with Crippen LogP contribution in [0.3, 0.4) is 0 Å². The van der Waals surface area contributed by atoms with Crippen LogP contribution >= 0.6 is 0 Å². The SMILES string of the molecule is CCCCOc1ccc(N(CCC(=O)O)CC(C)C)cc1. The van der Waals surface area contributed by atoms with Crippen molar-refractivity contribution in [3.8, 4) is 5.75 Å². The molecule has 0 saturated heterocycles. The van der Waals surface area contributed by atoms with Gasteiger partial charge in [-0.2, -0.15) is 0 Å². The molecule has 0 radical (unpaired) electrons. The summed E-state index contributed by atoms with van der Waals surface area (Å²) in [5.41, 5.74) is 1.05. The minimum Gasteiger partial charge on any atom is -0.494 e. The molecule has 0 fully saturated rings. The summed E-state index contributed by atoms with van der Waals surface area (Å²) < 4.78 is 5.65. The lowest BCUT2D eigenvalue weighted by Gasteiger charge is -2.26. The van der Waals surface area contributed by atoms with E-state index in [9.17, 15) is 4.79 Å². The summed E-state index contributed by atoms with van der Waals surface area (Å²) in [5, 5.41) is 8.86. The van der Waals surface area contributed by atoms with Crippen molar-refractivity contribution in [3.05, 3.63) is 24.3 Å². The summed E-state index contributed by atoms with van der Waals surface area (Å²) in [5.74, 6) is 0.595. The number of carboxylic acid groups (broad SMARTS) is 1. The molecule has 0 aliphatic rings. The molecule has 0 bridgehead atoms. The Hall–Kier alpha value is -1.71. The quantitative estimate of drug-likeness (QED) is 0.667. The lowest BCUT2D eigenvalue weighted by Crippen LogP contribution is -2.29. The molecule has 0 aliphatic heterocycles. The predicted molar refractivity (Wildman–Crippen MR) is 86.1 cm³/mol.